The zero-order valence-electron chi connectivity index (χ0n) is 12.5. The normalized spacial score (nSPS) is 19.6. The quantitative estimate of drug-likeness (QED) is 0.741. The zero-order chi connectivity index (χ0) is 17.0. The lowest BCUT2D eigenvalue weighted by Crippen LogP contribution is -2.51. The van der Waals surface area contributed by atoms with Crippen LogP contribution in [0.3, 0.4) is 0 Å². The van der Waals surface area contributed by atoms with Crippen LogP contribution in [0.15, 0.2) is 24.3 Å². The summed E-state index contributed by atoms with van der Waals surface area (Å²) >= 11 is 5.77. The second-order valence-corrected chi connectivity index (χ2v) is 6.36. The van der Waals surface area contributed by atoms with Gasteiger partial charge in [0.25, 0.3) is 6.43 Å². The van der Waals surface area contributed by atoms with E-state index in [9.17, 15) is 23.8 Å². The Kier molecular flexibility index (Phi) is 5.95. The number of halogens is 3. The topological polar surface area (TPSA) is 69.6 Å². The molecule has 23 heavy (non-hydrogen) atoms. The average molecular weight is 348 g/mol. The van der Waals surface area contributed by atoms with Crippen molar-refractivity contribution in [1.29, 1.82) is 0 Å². The highest BCUT2D eigenvalue weighted by Gasteiger charge is 2.49. The fourth-order valence-corrected chi connectivity index (χ4v) is 3.11. The van der Waals surface area contributed by atoms with Gasteiger partial charge in [-0.3, -0.25) is 4.79 Å². The minimum absolute atomic E-state index is 0.117. The second kappa shape index (κ2) is 7.55. The molecule has 7 heteroatoms. The molecule has 0 heterocycles. The Morgan fingerprint density at radius 1 is 1.26 bits per heavy atom. The highest BCUT2D eigenvalue weighted by atomic mass is 35.5. The van der Waals surface area contributed by atoms with Crippen LogP contribution in [0.25, 0.3) is 0 Å². The van der Waals surface area contributed by atoms with Gasteiger partial charge in [0.05, 0.1) is 12.6 Å². The van der Waals surface area contributed by atoms with E-state index in [2.05, 4.69) is 5.32 Å². The third-order valence-corrected chi connectivity index (χ3v) is 4.72. The summed E-state index contributed by atoms with van der Waals surface area (Å²) in [5.41, 5.74) is -1.28. The third kappa shape index (κ3) is 3.82. The van der Waals surface area contributed by atoms with E-state index in [4.69, 9.17) is 11.6 Å². The van der Waals surface area contributed by atoms with Crippen LogP contribution in [0.4, 0.5) is 8.78 Å². The summed E-state index contributed by atoms with van der Waals surface area (Å²) in [6, 6.07) is 5.18. The lowest BCUT2D eigenvalue weighted by atomic mass is 9.85. The van der Waals surface area contributed by atoms with Crippen molar-refractivity contribution in [1.82, 2.24) is 5.32 Å². The standard InChI is InChI=1S/C16H20ClF2NO3/c17-11-5-3-10(4-6-11)13(22)12(9-21)20-15(23)16(14(18)19)7-1-2-8-16/h3-6,12-14,21-22H,1-2,7-9H2,(H,20,23). The number of carbonyl (C=O) groups is 1. The molecule has 0 aromatic heterocycles. The molecule has 4 nitrogen and oxygen atoms in total. The van der Waals surface area contributed by atoms with Gasteiger partial charge >= 0.3 is 0 Å². The number of rotatable bonds is 6. The number of hydrogen-bond acceptors (Lipinski definition) is 3. The van der Waals surface area contributed by atoms with Gasteiger partial charge in [-0.2, -0.15) is 0 Å². The molecule has 2 atom stereocenters. The number of carbonyl (C=O) groups excluding carboxylic acids is 1. The summed E-state index contributed by atoms with van der Waals surface area (Å²) < 4.78 is 26.7. The summed E-state index contributed by atoms with van der Waals surface area (Å²) in [6.45, 7) is -0.561. The van der Waals surface area contributed by atoms with Crippen molar-refractivity contribution in [2.45, 2.75) is 44.3 Å². The molecular formula is C16H20ClF2NO3. The molecule has 0 radical (unpaired) electrons. The Balaban J connectivity index is 2.11. The molecule has 0 aliphatic heterocycles. The van der Waals surface area contributed by atoms with Crippen molar-refractivity contribution in [3.05, 3.63) is 34.9 Å². The van der Waals surface area contributed by atoms with Crippen LogP contribution in [0.5, 0.6) is 0 Å². The number of amides is 1. The third-order valence-electron chi connectivity index (χ3n) is 4.47. The summed E-state index contributed by atoms with van der Waals surface area (Å²) in [4.78, 5) is 12.3. The van der Waals surface area contributed by atoms with Crippen molar-refractivity contribution < 1.29 is 23.8 Å². The summed E-state index contributed by atoms with van der Waals surface area (Å²) in [5.74, 6) is -0.808. The van der Waals surface area contributed by atoms with Crippen molar-refractivity contribution in [3.8, 4) is 0 Å². The summed E-state index contributed by atoms with van der Waals surface area (Å²) in [6.07, 6.45) is -2.60. The van der Waals surface area contributed by atoms with E-state index in [1.54, 1.807) is 24.3 Å². The zero-order valence-corrected chi connectivity index (χ0v) is 13.3. The predicted molar refractivity (Wildman–Crippen MR) is 82.3 cm³/mol. The fraction of sp³-hybridized carbons (Fsp3) is 0.562. The first-order chi connectivity index (χ1) is 10.9. The second-order valence-electron chi connectivity index (χ2n) is 5.92. The summed E-state index contributed by atoms with van der Waals surface area (Å²) in [5, 5.41) is 22.6. The van der Waals surface area contributed by atoms with Gasteiger partial charge in [0.15, 0.2) is 0 Å². The van der Waals surface area contributed by atoms with Gasteiger partial charge in [-0.05, 0) is 30.5 Å². The first kappa shape index (κ1) is 18.1. The maximum atomic E-state index is 13.4. The lowest BCUT2D eigenvalue weighted by molar-refractivity contribution is -0.142. The van der Waals surface area contributed by atoms with Gasteiger partial charge in [-0.1, -0.05) is 36.6 Å². The van der Waals surface area contributed by atoms with Gasteiger partial charge in [-0.25, -0.2) is 8.78 Å². The number of alkyl halides is 2. The van der Waals surface area contributed by atoms with Crippen LogP contribution in [0, 0.1) is 5.41 Å². The molecule has 1 saturated carbocycles. The number of hydrogen-bond donors (Lipinski definition) is 3. The minimum atomic E-state index is -2.77. The van der Waals surface area contributed by atoms with E-state index >= 15 is 0 Å². The largest absolute Gasteiger partial charge is 0.394 e. The molecule has 1 aromatic carbocycles. The first-order valence-corrected chi connectivity index (χ1v) is 7.92. The van der Waals surface area contributed by atoms with Crippen LogP contribution < -0.4 is 5.32 Å². The van der Waals surface area contributed by atoms with Gasteiger partial charge in [0.1, 0.15) is 11.5 Å². The van der Waals surface area contributed by atoms with Crippen LogP contribution in [-0.2, 0) is 4.79 Å². The van der Waals surface area contributed by atoms with Gasteiger partial charge in [0, 0.05) is 5.02 Å². The number of nitrogens with one attached hydrogen (secondary N) is 1. The Morgan fingerprint density at radius 2 is 1.83 bits per heavy atom. The van der Waals surface area contributed by atoms with Crippen molar-refractivity contribution in [2.75, 3.05) is 6.61 Å². The summed E-state index contributed by atoms with van der Waals surface area (Å²) in [7, 11) is 0. The number of aliphatic hydroxyl groups is 2. The Labute approximate surface area is 138 Å². The van der Waals surface area contributed by atoms with Crippen LogP contribution in [0.1, 0.15) is 37.4 Å². The van der Waals surface area contributed by atoms with Crippen molar-refractivity contribution in [2.24, 2.45) is 5.41 Å². The van der Waals surface area contributed by atoms with Gasteiger partial charge in [-0.15, -0.1) is 0 Å². The van der Waals surface area contributed by atoms with Gasteiger partial charge in [0.2, 0.25) is 5.91 Å². The Morgan fingerprint density at radius 3 is 2.30 bits per heavy atom. The molecule has 2 unspecified atom stereocenters. The van der Waals surface area contributed by atoms with Gasteiger partial charge < -0.3 is 15.5 Å². The van der Waals surface area contributed by atoms with Crippen molar-refractivity contribution >= 4 is 17.5 Å². The van der Waals surface area contributed by atoms with Crippen LogP contribution in [-0.4, -0.2) is 35.2 Å². The molecule has 1 aliphatic carbocycles. The molecule has 1 aromatic rings. The molecule has 0 bridgehead atoms. The number of benzene rings is 1. The Bertz CT molecular complexity index is 533. The first-order valence-electron chi connectivity index (χ1n) is 7.54. The molecule has 3 N–H and O–H groups in total. The van der Waals surface area contributed by atoms with Crippen LogP contribution in [0.2, 0.25) is 5.02 Å². The predicted octanol–water partition coefficient (Wildman–Crippen LogP) is 2.68. The maximum Gasteiger partial charge on any atom is 0.252 e. The SMILES string of the molecule is O=C(NC(CO)C(O)c1ccc(Cl)cc1)C1(C(F)F)CCCC1. The monoisotopic (exact) mass is 347 g/mol. The smallest absolute Gasteiger partial charge is 0.252 e. The van der Waals surface area contributed by atoms with Crippen molar-refractivity contribution in [3.63, 3.8) is 0 Å². The Hall–Kier alpha value is -1.24. The molecule has 2 rings (SSSR count). The van der Waals surface area contributed by atoms with E-state index < -0.39 is 36.5 Å². The number of aliphatic hydroxyl groups excluding tert-OH is 2. The van der Waals surface area contributed by atoms with E-state index in [-0.39, 0.29) is 12.8 Å². The molecular weight excluding hydrogens is 328 g/mol. The molecule has 1 amide bonds. The minimum Gasteiger partial charge on any atom is -0.394 e. The highest BCUT2D eigenvalue weighted by Crippen LogP contribution is 2.43. The molecule has 0 spiro atoms. The molecule has 128 valence electrons. The molecule has 1 aliphatic rings. The van der Waals surface area contributed by atoms with E-state index in [0.717, 1.165) is 0 Å². The maximum absolute atomic E-state index is 13.4. The molecule has 1 fully saturated rings. The van der Waals surface area contributed by atoms with E-state index in [1.807, 2.05) is 0 Å². The average Bonchev–Trinajstić information content (AvgIpc) is 3.03. The lowest BCUT2D eigenvalue weighted by Gasteiger charge is -2.30. The van der Waals surface area contributed by atoms with Crippen LogP contribution >= 0.6 is 11.6 Å². The van der Waals surface area contributed by atoms with E-state index in [0.29, 0.717) is 23.4 Å². The highest BCUT2D eigenvalue weighted by molar-refractivity contribution is 6.30. The van der Waals surface area contributed by atoms with E-state index in [1.165, 1.54) is 0 Å². The fourth-order valence-electron chi connectivity index (χ4n) is 2.98. The molecule has 0 saturated heterocycles.